The number of anilines is 1. The molecule has 0 spiro atoms. The SMILES string of the molecule is Cc1cccc(CC(=O)Nc2ccc3c(c2)CN(S(=O)(=O)c2ccc(Cl)cc2)CC3)c1. The van der Waals surface area contributed by atoms with Crippen LogP contribution in [0.4, 0.5) is 5.69 Å². The lowest BCUT2D eigenvalue weighted by Gasteiger charge is -2.28. The third-order valence-electron chi connectivity index (χ3n) is 5.37. The highest BCUT2D eigenvalue weighted by Gasteiger charge is 2.28. The molecule has 0 radical (unpaired) electrons. The average molecular weight is 455 g/mol. The number of amides is 1. The summed E-state index contributed by atoms with van der Waals surface area (Å²) in [4.78, 5) is 12.7. The molecule has 5 nitrogen and oxygen atoms in total. The van der Waals surface area contributed by atoms with Crippen LogP contribution in [0.1, 0.15) is 22.3 Å². The van der Waals surface area contributed by atoms with Gasteiger partial charge in [0.15, 0.2) is 0 Å². The molecule has 3 aromatic carbocycles. The molecule has 1 heterocycles. The van der Waals surface area contributed by atoms with Crippen LogP contribution in [0.2, 0.25) is 5.02 Å². The first-order valence-electron chi connectivity index (χ1n) is 10.0. The summed E-state index contributed by atoms with van der Waals surface area (Å²) in [5.74, 6) is -0.105. The Bertz CT molecular complexity index is 1220. The number of halogens is 1. The van der Waals surface area contributed by atoms with Crippen molar-refractivity contribution < 1.29 is 13.2 Å². The van der Waals surface area contributed by atoms with Crippen LogP contribution in [0.3, 0.4) is 0 Å². The van der Waals surface area contributed by atoms with Crippen LogP contribution >= 0.6 is 11.6 Å². The molecule has 0 unspecified atom stereocenters. The van der Waals surface area contributed by atoms with Gasteiger partial charge in [-0.3, -0.25) is 4.79 Å². The van der Waals surface area contributed by atoms with E-state index in [-0.39, 0.29) is 23.8 Å². The van der Waals surface area contributed by atoms with Crippen molar-refractivity contribution in [3.63, 3.8) is 0 Å². The van der Waals surface area contributed by atoms with Gasteiger partial charge in [-0.15, -0.1) is 0 Å². The van der Waals surface area contributed by atoms with Crippen LogP contribution in [0.25, 0.3) is 0 Å². The molecule has 1 aliphatic rings. The van der Waals surface area contributed by atoms with E-state index in [1.54, 1.807) is 12.1 Å². The number of benzene rings is 3. The second-order valence-corrected chi connectivity index (χ2v) is 10.1. The third kappa shape index (κ3) is 4.98. The van der Waals surface area contributed by atoms with E-state index >= 15 is 0 Å². The molecule has 0 atom stereocenters. The molecule has 0 aromatic heterocycles. The summed E-state index contributed by atoms with van der Waals surface area (Å²) in [6.07, 6.45) is 0.912. The van der Waals surface area contributed by atoms with Gasteiger partial charge in [-0.25, -0.2) is 8.42 Å². The number of aryl methyl sites for hydroxylation is 1. The first-order chi connectivity index (χ1) is 14.8. The van der Waals surface area contributed by atoms with E-state index in [0.29, 0.717) is 23.7 Å². The standard InChI is InChI=1S/C24H23ClN2O3S/c1-17-3-2-4-18(13-17)14-24(28)26-22-8-5-19-11-12-27(16-20(19)15-22)31(29,30)23-9-6-21(25)7-10-23/h2-10,13,15H,11-12,14,16H2,1H3,(H,26,28). The summed E-state index contributed by atoms with van der Waals surface area (Å²) in [7, 11) is -3.61. The largest absolute Gasteiger partial charge is 0.326 e. The van der Waals surface area contributed by atoms with Gasteiger partial charge in [0, 0.05) is 23.8 Å². The van der Waals surface area contributed by atoms with E-state index in [1.807, 2.05) is 49.4 Å². The minimum Gasteiger partial charge on any atom is -0.326 e. The first-order valence-corrected chi connectivity index (χ1v) is 11.9. The zero-order valence-corrected chi connectivity index (χ0v) is 18.7. The number of nitrogens with zero attached hydrogens (tertiary/aromatic N) is 1. The smallest absolute Gasteiger partial charge is 0.243 e. The summed E-state index contributed by atoms with van der Waals surface area (Å²) in [5, 5.41) is 3.42. The molecule has 4 rings (SSSR count). The molecule has 1 aliphatic heterocycles. The van der Waals surface area contributed by atoms with Gasteiger partial charge in [-0.2, -0.15) is 4.31 Å². The van der Waals surface area contributed by atoms with Crippen LogP contribution in [-0.4, -0.2) is 25.2 Å². The summed E-state index contributed by atoms with van der Waals surface area (Å²) in [5.41, 5.74) is 4.73. The third-order valence-corrected chi connectivity index (χ3v) is 7.48. The zero-order chi connectivity index (χ0) is 22.0. The second kappa shape index (κ2) is 8.83. The predicted molar refractivity (Wildman–Crippen MR) is 123 cm³/mol. The number of hydrogen-bond acceptors (Lipinski definition) is 3. The number of hydrogen-bond donors (Lipinski definition) is 1. The fourth-order valence-corrected chi connectivity index (χ4v) is 5.33. The Morgan fingerprint density at radius 2 is 1.81 bits per heavy atom. The van der Waals surface area contributed by atoms with E-state index in [1.165, 1.54) is 16.4 Å². The Morgan fingerprint density at radius 3 is 2.55 bits per heavy atom. The number of sulfonamides is 1. The number of carbonyl (C=O) groups excluding carboxylic acids is 1. The summed E-state index contributed by atoms with van der Waals surface area (Å²) in [6.45, 7) is 2.67. The molecule has 1 N–H and O–H groups in total. The fraction of sp³-hybridized carbons (Fsp3) is 0.208. The molecule has 3 aromatic rings. The molecule has 7 heteroatoms. The zero-order valence-electron chi connectivity index (χ0n) is 17.1. The van der Waals surface area contributed by atoms with Gasteiger partial charge in [0.25, 0.3) is 0 Å². The molecular formula is C24H23ClN2O3S. The van der Waals surface area contributed by atoms with Gasteiger partial charge in [0.05, 0.1) is 11.3 Å². The lowest BCUT2D eigenvalue weighted by molar-refractivity contribution is -0.115. The maximum atomic E-state index is 13.0. The highest BCUT2D eigenvalue weighted by atomic mass is 35.5. The molecule has 0 aliphatic carbocycles. The van der Waals surface area contributed by atoms with Crippen molar-refractivity contribution in [3.05, 3.63) is 94.0 Å². The van der Waals surface area contributed by atoms with E-state index in [9.17, 15) is 13.2 Å². The Labute approximate surface area is 187 Å². The van der Waals surface area contributed by atoms with E-state index in [0.717, 1.165) is 22.3 Å². The second-order valence-electron chi connectivity index (χ2n) is 7.74. The molecule has 0 saturated heterocycles. The van der Waals surface area contributed by atoms with Crippen LogP contribution in [0.15, 0.2) is 71.6 Å². The monoisotopic (exact) mass is 454 g/mol. The van der Waals surface area contributed by atoms with Crippen LogP contribution in [0.5, 0.6) is 0 Å². The van der Waals surface area contributed by atoms with Crippen molar-refractivity contribution >= 4 is 33.2 Å². The van der Waals surface area contributed by atoms with Crippen molar-refractivity contribution in [2.75, 3.05) is 11.9 Å². The quantitative estimate of drug-likeness (QED) is 0.613. The van der Waals surface area contributed by atoms with Crippen LogP contribution in [0, 0.1) is 6.92 Å². The molecule has 160 valence electrons. The molecule has 0 bridgehead atoms. The van der Waals surface area contributed by atoms with E-state index in [4.69, 9.17) is 11.6 Å². The summed E-state index contributed by atoms with van der Waals surface area (Å²) in [6, 6.07) is 19.8. The number of fused-ring (bicyclic) bond motifs is 1. The Balaban J connectivity index is 1.48. The predicted octanol–water partition coefficient (Wildman–Crippen LogP) is 4.58. The van der Waals surface area contributed by atoms with Gasteiger partial charge in [-0.1, -0.05) is 47.5 Å². The van der Waals surface area contributed by atoms with Gasteiger partial charge in [0.2, 0.25) is 15.9 Å². The summed E-state index contributed by atoms with van der Waals surface area (Å²) < 4.78 is 27.5. The minimum atomic E-state index is -3.61. The minimum absolute atomic E-state index is 0.105. The maximum Gasteiger partial charge on any atom is 0.243 e. The molecule has 0 fully saturated rings. The highest BCUT2D eigenvalue weighted by Crippen LogP contribution is 2.27. The Kier molecular flexibility index (Phi) is 6.14. The Hall–Kier alpha value is -2.67. The van der Waals surface area contributed by atoms with Crippen molar-refractivity contribution in [2.24, 2.45) is 0 Å². The van der Waals surface area contributed by atoms with Crippen molar-refractivity contribution in [1.82, 2.24) is 4.31 Å². The fourth-order valence-electron chi connectivity index (χ4n) is 3.78. The van der Waals surface area contributed by atoms with Gasteiger partial charge < -0.3 is 5.32 Å². The molecule has 0 saturated carbocycles. The van der Waals surface area contributed by atoms with Crippen LogP contribution in [-0.2, 0) is 34.2 Å². The van der Waals surface area contributed by atoms with Crippen molar-refractivity contribution in [1.29, 1.82) is 0 Å². The van der Waals surface area contributed by atoms with Gasteiger partial charge in [0.1, 0.15) is 0 Å². The number of nitrogens with one attached hydrogen (secondary N) is 1. The lowest BCUT2D eigenvalue weighted by Crippen LogP contribution is -2.36. The number of carbonyl (C=O) groups is 1. The average Bonchev–Trinajstić information content (AvgIpc) is 2.73. The van der Waals surface area contributed by atoms with Crippen molar-refractivity contribution in [2.45, 2.75) is 31.2 Å². The van der Waals surface area contributed by atoms with Crippen LogP contribution < -0.4 is 5.32 Å². The first kappa shape index (κ1) is 21.6. The Morgan fingerprint density at radius 1 is 1.03 bits per heavy atom. The highest BCUT2D eigenvalue weighted by molar-refractivity contribution is 7.89. The van der Waals surface area contributed by atoms with Crippen molar-refractivity contribution in [3.8, 4) is 0 Å². The number of rotatable bonds is 5. The normalized spacial score (nSPS) is 14.1. The molecular weight excluding hydrogens is 432 g/mol. The van der Waals surface area contributed by atoms with Gasteiger partial charge in [-0.05, 0) is 66.4 Å². The molecule has 31 heavy (non-hydrogen) atoms. The molecule has 1 amide bonds. The van der Waals surface area contributed by atoms with Gasteiger partial charge >= 0.3 is 0 Å². The topological polar surface area (TPSA) is 66.5 Å². The maximum absolute atomic E-state index is 13.0. The summed E-state index contributed by atoms with van der Waals surface area (Å²) >= 11 is 5.89. The van der Waals surface area contributed by atoms with E-state index < -0.39 is 10.0 Å². The lowest BCUT2D eigenvalue weighted by atomic mass is 10.0. The van der Waals surface area contributed by atoms with E-state index in [2.05, 4.69) is 5.32 Å².